The minimum absolute atomic E-state index is 0.175. The minimum Gasteiger partial charge on any atom is -0.459 e. The molecule has 3 aromatic heterocycles. The van der Waals surface area contributed by atoms with E-state index in [0.717, 1.165) is 5.56 Å². The summed E-state index contributed by atoms with van der Waals surface area (Å²) in [6, 6.07) is 10.5. The fourth-order valence-electron chi connectivity index (χ4n) is 2.83. The van der Waals surface area contributed by atoms with Crippen molar-refractivity contribution in [3.05, 3.63) is 81.9 Å². The van der Waals surface area contributed by atoms with Crippen molar-refractivity contribution in [3.63, 3.8) is 0 Å². The average Bonchev–Trinajstić information content (AvgIpc) is 3.36. The molecule has 0 saturated heterocycles. The number of amides is 1. The number of carbonyl (C=O) groups excluding carboxylic acids is 1. The zero-order valence-electron chi connectivity index (χ0n) is 14.7. The van der Waals surface area contributed by atoms with E-state index < -0.39 is 0 Å². The van der Waals surface area contributed by atoms with Crippen LogP contribution in [-0.4, -0.2) is 31.8 Å². The van der Waals surface area contributed by atoms with E-state index in [9.17, 15) is 9.59 Å². The van der Waals surface area contributed by atoms with Crippen LogP contribution in [0.25, 0.3) is 11.0 Å². The number of hydrogen-bond donors (Lipinski definition) is 1. The van der Waals surface area contributed by atoms with Crippen LogP contribution < -0.4 is 10.9 Å². The first-order chi connectivity index (χ1) is 13.6. The van der Waals surface area contributed by atoms with Gasteiger partial charge >= 0.3 is 0 Å². The van der Waals surface area contributed by atoms with E-state index in [1.54, 1.807) is 28.9 Å². The summed E-state index contributed by atoms with van der Waals surface area (Å²) in [7, 11) is 0. The summed E-state index contributed by atoms with van der Waals surface area (Å²) in [4.78, 5) is 29.0. The predicted octanol–water partition coefficient (Wildman–Crippen LogP) is 2.32. The van der Waals surface area contributed by atoms with Crippen LogP contribution in [-0.2, 0) is 13.1 Å². The Kier molecular flexibility index (Phi) is 4.94. The highest BCUT2D eigenvalue weighted by atomic mass is 35.5. The second-order valence-electron chi connectivity index (χ2n) is 6.14. The molecule has 0 bridgehead atoms. The van der Waals surface area contributed by atoms with Gasteiger partial charge in [-0.05, 0) is 29.8 Å². The third-order valence-electron chi connectivity index (χ3n) is 4.24. The van der Waals surface area contributed by atoms with Crippen molar-refractivity contribution < 1.29 is 9.21 Å². The average molecular weight is 398 g/mol. The first kappa shape index (κ1) is 18.0. The predicted molar refractivity (Wildman–Crippen MR) is 103 cm³/mol. The first-order valence-electron chi connectivity index (χ1n) is 8.59. The number of fused-ring (bicyclic) bond motifs is 1. The van der Waals surface area contributed by atoms with Crippen LogP contribution >= 0.6 is 11.6 Å². The molecule has 4 rings (SSSR count). The van der Waals surface area contributed by atoms with E-state index in [4.69, 9.17) is 16.0 Å². The Labute approximate surface area is 164 Å². The molecule has 1 aromatic carbocycles. The maximum absolute atomic E-state index is 12.7. The zero-order valence-corrected chi connectivity index (χ0v) is 15.5. The normalized spacial score (nSPS) is 11.0. The summed E-state index contributed by atoms with van der Waals surface area (Å²) < 4.78 is 8.15. The summed E-state index contributed by atoms with van der Waals surface area (Å²) in [5.74, 6) is -0.0618. The first-order valence-corrected chi connectivity index (χ1v) is 8.97. The molecule has 0 saturated carbocycles. The van der Waals surface area contributed by atoms with E-state index in [2.05, 4.69) is 15.4 Å². The van der Waals surface area contributed by atoms with Crippen LogP contribution in [0, 0.1) is 0 Å². The van der Waals surface area contributed by atoms with Crippen LogP contribution in [0.4, 0.5) is 0 Å². The molecule has 4 aromatic rings. The third-order valence-corrected chi connectivity index (χ3v) is 4.49. The molecule has 142 valence electrons. The fourth-order valence-corrected chi connectivity index (χ4v) is 2.96. The topological polar surface area (TPSA) is 95.0 Å². The van der Waals surface area contributed by atoms with E-state index in [1.807, 2.05) is 12.1 Å². The highest BCUT2D eigenvalue weighted by Crippen LogP contribution is 2.11. The highest BCUT2D eigenvalue weighted by Gasteiger charge is 2.12. The van der Waals surface area contributed by atoms with Gasteiger partial charge in [-0.1, -0.05) is 23.7 Å². The largest absolute Gasteiger partial charge is 0.459 e. The SMILES string of the molecule is O=C(NCCn1ncc2c(=O)n(Cc3ccc(Cl)cc3)cnc21)c1ccco1. The van der Waals surface area contributed by atoms with Gasteiger partial charge in [0.1, 0.15) is 11.7 Å². The molecule has 0 fully saturated rings. The van der Waals surface area contributed by atoms with Gasteiger partial charge < -0.3 is 9.73 Å². The van der Waals surface area contributed by atoms with Gasteiger partial charge in [0.05, 0.1) is 25.5 Å². The summed E-state index contributed by atoms with van der Waals surface area (Å²) >= 11 is 5.89. The maximum atomic E-state index is 12.7. The Balaban J connectivity index is 1.47. The smallest absolute Gasteiger partial charge is 0.287 e. The maximum Gasteiger partial charge on any atom is 0.287 e. The number of hydrogen-bond acceptors (Lipinski definition) is 5. The standard InChI is InChI=1S/C19H16ClN5O3/c20-14-5-3-13(4-6-14)11-24-12-22-17-15(19(24)27)10-23-25(17)8-7-21-18(26)16-2-1-9-28-16/h1-6,9-10,12H,7-8,11H2,(H,21,26). The molecule has 0 unspecified atom stereocenters. The van der Waals surface area contributed by atoms with Gasteiger partial charge in [0.2, 0.25) is 0 Å². The number of carbonyl (C=O) groups is 1. The van der Waals surface area contributed by atoms with Crippen molar-refractivity contribution in [3.8, 4) is 0 Å². The fraction of sp³-hybridized carbons (Fsp3) is 0.158. The van der Waals surface area contributed by atoms with E-state index >= 15 is 0 Å². The number of rotatable bonds is 6. The van der Waals surface area contributed by atoms with Gasteiger partial charge in [-0.25, -0.2) is 9.67 Å². The number of benzene rings is 1. The van der Waals surface area contributed by atoms with Crippen molar-refractivity contribution >= 4 is 28.5 Å². The Hall–Kier alpha value is -3.39. The van der Waals surface area contributed by atoms with E-state index in [-0.39, 0.29) is 17.2 Å². The number of furan rings is 1. The molecule has 1 amide bonds. The van der Waals surface area contributed by atoms with Gasteiger partial charge in [-0.15, -0.1) is 0 Å². The Morgan fingerprint density at radius 3 is 2.79 bits per heavy atom. The molecule has 0 radical (unpaired) electrons. The van der Waals surface area contributed by atoms with Gasteiger partial charge in [0, 0.05) is 11.6 Å². The quantitative estimate of drug-likeness (QED) is 0.538. The lowest BCUT2D eigenvalue weighted by Gasteiger charge is -2.07. The van der Waals surface area contributed by atoms with Gasteiger partial charge in [-0.2, -0.15) is 5.10 Å². The molecule has 1 N–H and O–H groups in total. The number of nitrogens with zero attached hydrogens (tertiary/aromatic N) is 4. The number of aromatic nitrogens is 4. The van der Waals surface area contributed by atoms with Crippen LogP contribution in [0.2, 0.25) is 5.02 Å². The van der Waals surface area contributed by atoms with Crippen LogP contribution in [0.1, 0.15) is 16.1 Å². The van der Waals surface area contributed by atoms with Gasteiger partial charge in [0.15, 0.2) is 11.4 Å². The molecule has 0 spiro atoms. The molecule has 3 heterocycles. The van der Waals surface area contributed by atoms with Crippen LogP contribution in [0.3, 0.4) is 0 Å². The van der Waals surface area contributed by atoms with Gasteiger partial charge in [0.25, 0.3) is 11.5 Å². The summed E-state index contributed by atoms with van der Waals surface area (Å²) in [6.07, 6.45) is 4.44. The Bertz CT molecular complexity index is 1160. The van der Waals surface area contributed by atoms with Gasteiger partial charge in [-0.3, -0.25) is 14.2 Å². The number of nitrogens with one attached hydrogen (secondary N) is 1. The Morgan fingerprint density at radius 1 is 1.21 bits per heavy atom. The molecular weight excluding hydrogens is 382 g/mol. The molecule has 28 heavy (non-hydrogen) atoms. The molecule has 0 aliphatic rings. The van der Waals surface area contributed by atoms with Crippen molar-refractivity contribution in [1.29, 1.82) is 0 Å². The highest BCUT2D eigenvalue weighted by molar-refractivity contribution is 6.30. The summed E-state index contributed by atoms with van der Waals surface area (Å²) in [5.41, 5.74) is 1.25. The molecule has 0 aliphatic carbocycles. The lowest BCUT2D eigenvalue weighted by Crippen LogP contribution is -2.27. The molecule has 0 aliphatic heterocycles. The summed E-state index contributed by atoms with van der Waals surface area (Å²) in [6.45, 7) is 1.10. The van der Waals surface area contributed by atoms with Crippen molar-refractivity contribution in [2.24, 2.45) is 0 Å². The van der Waals surface area contributed by atoms with Crippen molar-refractivity contribution in [2.45, 2.75) is 13.1 Å². The molecule has 9 heteroatoms. The molecular formula is C19H16ClN5O3. The van der Waals surface area contributed by atoms with Crippen LogP contribution in [0.5, 0.6) is 0 Å². The second kappa shape index (κ2) is 7.69. The Morgan fingerprint density at radius 2 is 2.04 bits per heavy atom. The molecule has 0 atom stereocenters. The number of halogens is 1. The van der Waals surface area contributed by atoms with E-state index in [0.29, 0.717) is 35.7 Å². The summed E-state index contributed by atoms with van der Waals surface area (Å²) in [5, 5.41) is 8.03. The molecule has 8 nitrogen and oxygen atoms in total. The van der Waals surface area contributed by atoms with Crippen LogP contribution in [0.15, 0.2) is 64.4 Å². The lowest BCUT2D eigenvalue weighted by molar-refractivity contribution is 0.0924. The monoisotopic (exact) mass is 397 g/mol. The second-order valence-corrected chi connectivity index (χ2v) is 6.58. The lowest BCUT2D eigenvalue weighted by atomic mass is 10.2. The van der Waals surface area contributed by atoms with Crippen molar-refractivity contribution in [2.75, 3.05) is 6.54 Å². The zero-order chi connectivity index (χ0) is 19.5. The van der Waals surface area contributed by atoms with E-state index in [1.165, 1.54) is 23.4 Å². The minimum atomic E-state index is -0.306. The third kappa shape index (κ3) is 3.67. The van der Waals surface area contributed by atoms with Crippen molar-refractivity contribution in [1.82, 2.24) is 24.6 Å².